The molecule has 3 aromatic heterocycles. The zero-order valence-electron chi connectivity index (χ0n) is 17.6. The molecule has 4 rings (SSSR count). The molecule has 0 atom stereocenters. The summed E-state index contributed by atoms with van der Waals surface area (Å²) in [7, 11) is 0. The second-order valence-electron chi connectivity index (χ2n) is 8.58. The van der Waals surface area contributed by atoms with Crippen molar-refractivity contribution in [3.05, 3.63) is 40.4 Å². The van der Waals surface area contributed by atoms with Crippen LogP contribution in [0.3, 0.4) is 0 Å². The Balaban J connectivity index is 1.56. The summed E-state index contributed by atoms with van der Waals surface area (Å²) in [5.41, 5.74) is -0.820. The molecule has 166 valence electrons. The van der Waals surface area contributed by atoms with Gasteiger partial charge in [-0.1, -0.05) is 0 Å². The summed E-state index contributed by atoms with van der Waals surface area (Å²) in [6.45, 7) is 8.34. The summed E-state index contributed by atoms with van der Waals surface area (Å²) >= 11 is 0. The molecule has 11 heteroatoms. The minimum atomic E-state index is -4.41. The molecule has 0 bridgehead atoms. The van der Waals surface area contributed by atoms with Crippen LogP contribution in [0, 0.1) is 0 Å². The molecule has 0 saturated carbocycles. The average Bonchev–Trinajstić information content (AvgIpc) is 2.98. The van der Waals surface area contributed by atoms with E-state index in [-0.39, 0.29) is 11.1 Å². The summed E-state index contributed by atoms with van der Waals surface area (Å²) in [4.78, 5) is 28.0. The fourth-order valence-corrected chi connectivity index (χ4v) is 3.65. The maximum Gasteiger partial charge on any atom is 0.417 e. The van der Waals surface area contributed by atoms with Crippen LogP contribution in [-0.2, 0) is 11.7 Å². The van der Waals surface area contributed by atoms with E-state index in [0.29, 0.717) is 49.0 Å². The predicted molar refractivity (Wildman–Crippen MR) is 111 cm³/mol. The first kappa shape index (κ1) is 21.1. The number of alkyl halides is 3. The molecule has 0 amide bonds. The van der Waals surface area contributed by atoms with Crippen LogP contribution in [0.4, 0.5) is 24.9 Å². The molecule has 1 aliphatic rings. The summed E-state index contributed by atoms with van der Waals surface area (Å²) in [6.07, 6.45) is -1.28. The number of fused-ring (bicyclic) bond motifs is 1. The monoisotopic (exact) mass is 435 g/mol. The first-order chi connectivity index (χ1) is 14.5. The Morgan fingerprint density at radius 1 is 1.00 bits per heavy atom. The number of anilines is 2. The molecular formula is C20H24F3N7O. The minimum absolute atomic E-state index is 0.249. The second-order valence-corrected chi connectivity index (χ2v) is 8.58. The molecule has 1 aliphatic heterocycles. The Bertz CT molecular complexity index is 1130. The number of nitrogens with zero attached hydrogens (tertiary/aromatic N) is 6. The maximum atomic E-state index is 12.8. The highest BCUT2D eigenvalue weighted by atomic mass is 19.4. The van der Waals surface area contributed by atoms with Crippen LogP contribution in [0.15, 0.2) is 29.3 Å². The number of aromatic nitrogens is 5. The van der Waals surface area contributed by atoms with E-state index in [9.17, 15) is 18.0 Å². The molecule has 1 fully saturated rings. The molecule has 0 aliphatic carbocycles. The number of aromatic amines is 1. The largest absolute Gasteiger partial charge is 0.417 e. The molecule has 0 aromatic carbocycles. The van der Waals surface area contributed by atoms with Gasteiger partial charge in [0.25, 0.3) is 5.56 Å². The Hall–Kier alpha value is -3.11. The number of pyridine rings is 1. The van der Waals surface area contributed by atoms with Crippen LogP contribution >= 0.6 is 0 Å². The Kier molecular flexibility index (Phi) is 5.14. The number of hydrogen-bond donors (Lipinski definition) is 1. The van der Waals surface area contributed by atoms with Crippen LogP contribution < -0.4 is 15.4 Å². The van der Waals surface area contributed by atoms with E-state index in [2.05, 4.69) is 20.1 Å². The van der Waals surface area contributed by atoms with Crippen molar-refractivity contribution >= 4 is 22.8 Å². The Morgan fingerprint density at radius 2 is 1.71 bits per heavy atom. The number of hydrogen-bond acceptors (Lipinski definition) is 6. The highest BCUT2D eigenvalue weighted by Crippen LogP contribution is 2.29. The molecule has 4 heterocycles. The summed E-state index contributed by atoms with van der Waals surface area (Å²) in [5, 5.41) is 4.76. The van der Waals surface area contributed by atoms with Crippen molar-refractivity contribution in [2.24, 2.45) is 0 Å². The van der Waals surface area contributed by atoms with Gasteiger partial charge in [-0.15, -0.1) is 0 Å². The van der Waals surface area contributed by atoms with Crippen LogP contribution in [0.2, 0.25) is 0 Å². The number of H-pyrrole nitrogens is 1. The van der Waals surface area contributed by atoms with Crippen LogP contribution in [0.1, 0.15) is 32.8 Å². The van der Waals surface area contributed by atoms with E-state index in [1.807, 2.05) is 30.6 Å². The SMILES string of the molecule is CC(C)(C)n1ncc2c(=O)[nH]c(N3CCCN(c4ccc(C(F)(F)F)cn4)CC3)nc21. The van der Waals surface area contributed by atoms with Crippen molar-refractivity contribution in [1.29, 1.82) is 0 Å². The summed E-state index contributed by atoms with van der Waals surface area (Å²) < 4.78 is 40.1. The number of halogens is 3. The predicted octanol–water partition coefficient (Wildman–Crippen LogP) is 3.01. The lowest BCUT2D eigenvalue weighted by Crippen LogP contribution is -2.33. The van der Waals surface area contributed by atoms with Crippen molar-refractivity contribution in [3.63, 3.8) is 0 Å². The van der Waals surface area contributed by atoms with Crippen LogP contribution in [0.5, 0.6) is 0 Å². The third-order valence-electron chi connectivity index (χ3n) is 5.26. The average molecular weight is 435 g/mol. The van der Waals surface area contributed by atoms with Gasteiger partial charge in [-0.3, -0.25) is 9.78 Å². The first-order valence-electron chi connectivity index (χ1n) is 10.1. The first-order valence-corrected chi connectivity index (χ1v) is 10.1. The van der Waals surface area contributed by atoms with Crippen molar-refractivity contribution in [2.45, 2.75) is 38.9 Å². The minimum Gasteiger partial charge on any atom is -0.355 e. The third-order valence-corrected chi connectivity index (χ3v) is 5.26. The lowest BCUT2D eigenvalue weighted by Gasteiger charge is -2.24. The van der Waals surface area contributed by atoms with Gasteiger partial charge in [-0.2, -0.15) is 23.3 Å². The van der Waals surface area contributed by atoms with Crippen molar-refractivity contribution in [1.82, 2.24) is 24.7 Å². The lowest BCUT2D eigenvalue weighted by molar-refractivity contribution is -0.137. The van der Waals surface area contributed by atoms with Crippen molar-refractivity contribution < 1.29 is 13.2 Å². The van der Waals surface area contributed by atoms with E-state index in [0.717, 1.165) is 18.7 Å². The van der Waals surface area contributed by atoms with Crippen molar-refractivity contribution in [2.75, 3.05) is 36.0 Å². The molecule has 31 heavy (non-hydrogen) atoms. The fraction of sp³-hybridized carbons (Fsp3) is 0.500. The maximum absolute atomic E-state index is 12.8. The van der Waals surface area contributed by atoms with Gasteiger partial charge in [0.15, 0.2) is 5.65 Å². The van der Waals surface area contributed by atoms with Gasteiger partial charge in [-0.05, 0) is 39.3 Å². The molecule has 8 nitrogen and oxygen atoms in total. The molecular weight excluding hydrogens is 411 g/mol. The highest BCUT2D eigenvalue weighted by Gasteiger charge is 2.31. The standard InChI is InChI=1S/C20H24F3N7O/c1-19(2,3)30-16-14(12-25-30)17(31)27-18(26-16)29-8-4-7-28(9-10-29)15-6-5-13(11-24-15)20(21,22)23/h5-6,11-12H,4,7-10H2,1-3H3,(H,26,27,31). The zero-order valence-corrected chi connectivity index (χ0v) is 17.6. The van der Waals surface area contributed by atoms with E-state index < -0.39 is 11.7 Å². The van der Waals surface area contributed by atoms with Crippen LogP contribution in [0.25, 0.3) is 11.0 Å². The lowest BCUT2D eigenvalue weighted by atomic mass is 10.1. The fourth-order valence-electron chi connectivity index (χ4n) is 3.65. The van der Waals surface area contributed by atoms with E-state index >= 15 is 0 Å². The van der Waals surface area contributed by atoms with Gasteiger partial charge >= 0.3 is 6.18 Å². The van der Waals surface area contributed by atoms with Gasteiger partial charge in [0, 0.05) is 32.4 Å². The number of nitrogens with one attached hydrogen (secondary N) is 1. The molecule has 1 N–H and O–H groups in total. The summed E-state index contributed by atoms with van der Waals surface area (Å²) in [6, 6.07) is 2.44. The van der Waals surface area contributed by atoms with E-state index in [4.69, 9.17) is 0 Å². The van der Waals surface area contributed by atoms with Crippen LogP contribution in [-0.4, -0.2) is 50.9 Å². The molecule has 3 aromatic rings. The molecule has 0 unspecified atom stereocenters. The molecule has 0 radical (unpaired) electrons. The highest BCUT2D eigenvalue weighted by molar-refractivity contribution is 5.74. The molecule has 1 saturated heterocycles. The van der Waals surface area contributed by atoms with E-state index in [1.165, 1.54) is 12.3 Å². The van der Waals surface area contributed by atoms with Gasteiger partial charge < -0.3 is 9.80 Å². The topological polar surface area (TPSA) is 82.9 Å². The third kappa shape index (κ3) is 4.21. The van der Waals surface area contributed by atoms with E-state index in [1.54, 1.807) is 4.68 Å². The van der Waals surface area contributed by atoms with Gasteiger partial charge in [-0.25, -0.2) is 9.67 Å². The zero-order chi connectivity index (χ0) is 22.4. The summed E-state index contributed by atoms with van der Waals surface area (Å²) in [5.74, 6) is 0.961. The van der Waals surface area contributed by atoms with Gasteiger partial charge in [0.1, 0.15) is 11.2 Å². The quantitative estimate of drug-likeness (QED) is 0.666. The van der Waals surface area contributed by atoms with Gasteiger partial charge in [0.05, 0.1) is 17.3 Å². The van der Waals surface area contributed by atoms with Gasteiger partial charge in [0.2, 0.25) is 5.95 Å². The molecule has 0 spiro atoms. The normalized spacial score (nSPS) is 16.1. The Labute approximate surface area is 176 Å². The Morgan fingerprint density at radius 3 is 2.35 bits per heavy atom. The van der Waals surface area contributed by atoms with Crippen molar-refractivity contribution in [3.8, 4) is 0 Å². The number of rotatable bonds is 2. The second kappa shape index (κ2) is 7.54. The smallest absolute Gasteiger partial charge is 0.355 e.